The molecule has 2 N–H and O–H groups in total. The van der Waals surface area contributed by atoms with Crippen molar-refractivity contribution in [3.63, 3.8) is 0 Å². The number of aryl methyl sites for hydroxylation is 1. The Morgan fingerprint density at radius 3 is 2.89 bits per heavy atom. The zero-order valence-electron chi connectivity index (χ0n) is 10.4. The summed E-state index contributed by atoms with van der Waals surface area (Å²) in [4.78, 5) is 26.1. The number of ether oxygens (including phenoxy) is 1. The molecule has 7 heteroatoms. The Kier molecular flexibility index (Phi) is 6.31. The minimum Gasteiger partial charge on any atom is -0.465 e. The summed E-state index contributed by atoms with van der Waals surface area (Å²) in [6.45, 7) is 3.24. The van der Waals surface area contributed by atoms with Crippen molar-refractivity contribution >= 4 is 12.0 Å². The molecule has 0 saturated heterocycles. The Morgan fingerprint density at radius 1 is 1.39 bits per heavy atom. The lowest BCUT2D eigenvalue weighted by atomic mass is 10.4. The van der Waals surface area contributed by atoms with Crippen LogP contribution < -0.4 is 10.6 Å². The first-order valence-corrected chi connectivity index (χ1v) is 5.85. The molecule has 1 aromatic heterocycles. The van der Waals surface area contributed by atoms with Gasteiger partial charge >= 0.3 is 12.0 Å². The summed E-state index contributed by atoms with van der Waals surface area (Å²) in [6, 6.07) is -0.367. The minimum atomic E-state index is -0.439. The zero-order chi connectivity index (χ0) is 13.2. The van der Waals surface area contributed by atoms with E-state index in [-0.39, 0.29) is 12.6 Å². The summed E-state index contributed by atoms with van der Waals surface area (Å²) in [5.41, 5.74) is 0. The van der Waals surface area contributed by atoms with Gasteiger partial charge < -0.3 is 19.9 Å². The van der Waals surface area contributed by atoms with Gasteiger partial charge in [-0.05, 0) is 13.3 Å². The van der Waals surface area contributed by atoms with Crippen molar-refractivity contribution in [3.05, 3.63) is 18.7 Å². The van der Waals surface area contributed by atoms with E-state index in [0.717, 1.165) is 13.0 Å². The molecule has 0 unspecified atom stereocenters. The van der Waals surface area contributed by atoms with Gasteiger partial charge in [-0.1, -0.05) is 0 Å². The number of esters is 1. The van der Waals surface area contributed by atoms with E-state index in [9.17, 15) is 9.59 Å². The van der Waals surface area contributed by atoms with Crippen LogP contribution in [0.15, 0.2) is 18.7 Å². The number of nitrogens with one attached hydrogen (secondary N) is 2. The van der Waals surface area contributed by atoms with Crippen LogP contribution >= 0.6 is 0 Å². The van der Waals surface area contributed by atoms with E-state index < -0.39 is 5.97 Å². The predicted octanol–water partition coefficient (Wildman–Crippen LogP) is 0.135. The van der Waals surface area contributed by atoms with Gasteiger partial charge in [0.15, 0.2) is 0 Å². The molecule has 0 atom stereocenters. The summed E-state index contributed by atoms with van der Waals surface area (Å²) in [6.07, 6.45) is 6.09. The molecule has 0 aliphatic heterocycles. The second-order valence-electron chi connectivity index (χ2n) is 3.57. The van der Waals surface area contributed by atoms with Gasteiger partial charge in [-0.2, -0.15) is 0 Å². The van der Waals surface area contributed by atoms with Gasteiger partial charge in [-0.15, -0.1) is 0 Å². The van der Waals surface area contributed by atoms with E-state index in [1.165, 1.54) is 0 Å². The lowest BCUT2D eigenvalue weighted by Gasteiger charge is -2.07. The predicted molar refractivity (Wildman–Crippen MR) is 64.9 cm³/mol. The van der Waals surface area contributed by atoms with Crippen LogP contribution in [0.25, 0.3) is 0 Å². The molecule has 1 rings (SSSR count). The highest BCUT2D eigenvalue weighted by atomic mass is 16.5. The van der Waals surface area contributed by atoms with Gasteiger partial charge in [0.2, 0.25) is 0 Å². The van der Waals surface area contributed by atoms with Crippen LogP contribution in [0.1, 0.15) is 13.3 Å². The van der Waals surface area contributed by atoms with Crippen LogP contribution in [0.2, 0.25) is 0 Å². The highest BCUT2D eigenvalue weighted by Gasteiger charge is 2.04. The van der Waals surface area contributed by atoms with Crippen molar-refractivity contribution in [2.75, 3.05) is 19.7 Å². The molecular formula is C11H18N4O3. The minimum absolute atomic E-state index is 0.110. The van der Waals surface area contributed by atoms with E-state index in [1.54, 1.807) is 19.4 Å². The Hall–Kier alpha value is -2.05. The largest absolute Gasteiger partial charge is 0.465 e. The van der Waals surface area contributed by atoms with Crippen molar-refractivity contribution in [2.45, 2.75) is 19.9 Å². The van der Waals surface area contributed by atoms with E-state index in [2.05, 4.69) is 20.4 Å². The second-order valence-corrected chi connectivity index (χ2v) is 3.57. The van der Waals surface area contributed by atoms with Gasteiger partial charge in [-0.3, -0.25) is 4.79 Å². The molecule has 0 saturated carbocycles. The molecule has 0 radical (unpaired) electrons. The fraction of sp³-hybridized carbons (Fsp3) is 0.545. The SMILES string of the molecule is CCOC(=O)CNC(=O)NCCCn1ccnc1. The smallest absolute Gasteiger partial charge is 0.325 e. The molecule has 1 heterocycles. The highest BCUT2D eigenvalue weighted by Crippen LogP contribution is 1.88. The topological polar surface area (TPSA) is 85.2 Å². The van der Waals surface area contributed by atoms with Gasteiger partial charge in [0.1, 0.15) is 6.54 Å². The van der Waals surface area contributed by atoms with E-state index in [1.807, 2.05) is 10.8 Å². The van der Waals surface area contributed by atoms with Crippen LogP contribution in [0.4, 0.5) is 4.79 Å². The first kappa shape index (κ1) is 14.0. The Morgan fingerprint density at radius 2 is 2.22 bits per heavy atom. The summed E-state index contributed by atoms with van der Waals surface area (Å²) in [5.74, 6) is -0.439. The third-order valence-corrected chi connectivity index (χ3v) is 2.14. The number of amides is 2. The number of rotatable bonds is 7. The summed E-state index contributed by atoms with van der Waals surface area (Å²) < 4.78 is 6.60. The lowest BCUT2D eigenvalue weighted by Crippen LogP contribution is -2.39. The molecule has 0 aliphatic carbocycles. The third-order valence-electron chi connectivity index (χ3n) is 2.14. The zero-order valence-corrected chi connectivity index (χ0v) is 10.4. The third kappa shape index (κ3) is 5.88. The van der Waals surface area contributed by atoms with Crippen LogP contribution in [0.5, 0.6) is 0 Å². The van der Waals surface area contributed by atoms with Crippen molar-refractivity contribution in [1.29, 1.82) is 0 Å². The van der Waals surface area contributed by atoms with Gasteiger partial charge in [0, 0.05) is 25.5 Å². The van der Waals surface area contributed by atoms with E-state index in [0.29, 0.717) is 13.2 Å². The molecule has 0 fully saturated rings. The molecule has 18 heavy (non-hydrogen) atoms. The van der Waals surface area contributed by atoms with E-state index >= 15 is 0 Å². The maximum atomic E-state index is 11.3. The average molecular weight is 254 g/mol. The second kappa shape index (κ2) is 8.10. The first-order valence-electron chi connectivity index (χ1n) is 5.85. The molecule has 0 aromatic carbocycles. The van der Waals surface area contributed by atoms with Crippen LogP contribution in [-0.2, 0) is 16.1 Å². The first-order chi connectivity index (χ1) is 8.72. The van der Waals surface area contributed by atoms with Gasteiger partial charge in [0.05, 0.1) is 12.9 Å². The number of aromatic nitrogens is 2. The molecule has 0 spiro atoms. The number of carbonyl (C=O) groups is 2. The Labute approximate surface area is 106 Å². The number of urea groups is 1. The normalized spacial score (nSPS) is 9.83. The van der Waals surface area contributed by atoms with E-state index in [4.69, 9.17) is 0 Å². The number of hydrogen-bond donors (Lipinski definition) is 2. The molecule has 1 aromatic rings. The van der Waals surface area contributed by atoms with Crippen LogP contribution in [0, 0.1) is 0 Å². The molecule has 2 amide bonds. The maximum absolute atomic E-state index is 11.3. The number of hydrogen-bond acceptors (Lipinski definition) is 4. The van der Waals surface area contributed by atoms with Crippen LogP contribution in [-0.4, -0.2) is 41.2 Å². The lowest BCUT2D eigenvalue weighted by molar-refractivity contribution is -0.141. The standard InChI is InChI=1S/C11H18N4O3/c1-2-18-10(16)8-14-11(17)13-4-3-6-15-7-5-12-9-15/h5,7,9H,2-4,6,8H2,1H3,(H2,13,14,17). The quantitative estimate of drug-likeness (QED) is 0.535. The average Bonchev–Trinajstić information content (AvgIpc) is 2.85. The maximum Gasteiger partial charge on any atom is 0.325 e. The van der Waals surface area contributed by atoms with Crippen molar-refractivity contribution < 1.29 is 14.3 Å². The monoisotopic (exact) mass is 254 g/mol. The summed E-state index contributed by atoms with van der Waals surface area (Å²) in [5, 5.41) is 5.07. The highest BCUT2D eigenvalue weighted by molar-refractivity contribution is 5.80. The fourth-order valence-electron chi connectivity index (χ4n) is 1.31. The number of carbonyl (C=O) groups excluding carboxylic acids is 2. The summed E-state index contributed by atoms with van der Waals surface area (Å²) >= 11 is 0. The molecule has 0 aliphatic rings. The molecule has 7 nitrogen and oxygen atoms in total. The Bertz CT molecular complexity index is 364. The van der Waals surface area contributed by atoms with Gasteiger partial charge in [-0.25, -0.2) is 9.78 Å². The van der Waals surface area contributed by atoms with Crippen LogP contribution in [0.3, 0.4) is 0 Å². The summed E-state index contributed by atoms with van der Waals surface area (Å²) in [7, 11) is 0. The Balaban J connectivity index is 2.01. The molecular weight excluding hydrogens is 236 g/mol. The number of nitrogens with zero attached hydrogens (tertiary/aromatic N) is 2. The van der Waals surface area contributed by atoms with Gasteiger partial charge in [0.25, 0.3) is 0 Å². The molecule has 0 bridgehead atoms. The number of imidazole rings is 1. The fourth-order valence-corrected chi connectivity index (χ4v) is 1.31. The van der Waals surface area contributed by atoms with Crippen molar-refractivity contribution in [1.82, 2.24) is 20.2 Å². The van der Waals surface area contributed by atoms with Crippen molar-refractivity contribution in [2.24, 2.45) is 0 Å². The molecule has 100 valence electrons. The van der Waals surface area contributed by atoms with Crippen molar-refractivity contribution in [3.8, 4) is 0 Å².